The molecular weight excluding hydrogens is 332 g/mol. The van der Waals surface area contributed by atoms with Crippen LogP contribution in [0.2, 0.25) is 0 Å². The Labute approximate surface area is 127 Å². The zero-order chi connectivity index (χ0) is 17.2. The quantitative estimate of drug-likeness (QED) is 0.655. The summed E-state index contributed by atoms with van der Waals surface area (Å²) in [5.74, 6) is -1.19. The van der Waals surface area contributed by atoms with Crippen LogP contribution in [0, 0.1) is 0 Å². The molecule has 0 radical (unpaired) electrons. The molecule has 0 aromatic rings. The Kier molecular flexibility index (Phi) is 9.37. The van der Waals surface area contributed by atoms with Gasteiger partial charge in [-0.05, 0) is 10.9 Å². The lowest BCUT2D eigenvalue weighted by Gasteiger charge is -2.17. The third-order valence-corrected chi connectivity index (χ3v) is 3.29. The van der Waals surface area contributed by atoms with E-state index in [4.69, 9.17) is 0 Å². The van der Waals surface area contributed by atoms with E-state index < -0.39 is 28.8 Å². The Bertz CT molecular complexity index is 428. The minimum atomic E-state index is -4.92. The molecule has 0 amide bonds. The Morgan fingerprint density at radius 2 is 1.91 bits per heavy atom. The standard InChI is InChI=1S/C8H16N2.C3H4F4O4S/c1-3-4-5-10-7-6-9(2)8-10;4-3(5,6)10-1-2-12(8,9)11-7/h6-7H,3-5,8H2,1-2H3;1-2H2. The Morgan fingerprint density at radius 1 is 1.27 bits per heavy atom. The van der Waals surface area contributed by atoms with Gasteiger partial charge in [0.25, 0.3) is 10.1 Å². The highest BCUT2D eigenvalue weighted by molar-refractivity contribution is 7.86. The van der Waals surface area contributed by atoms with Crippen molar-refractivity contribution < 1.29 is 35.2 Å². The molecule has 1 rings (SSSR count). The van der Waals surface area contributed by atoms with Gasteiger partial charge >= 0.3 is 6.36 Å². The maximum absolute atomic E-state index is 11.2. The minimum Gasteiger partial charge on any atom is -0.362 e. The molecule has 0 spiro atoms. The molecule has 0 aromatic heterocycles. The monoisotopic (exact) mass is 352 g/mol. The molecule has 22 heavy (non-hydrogen) atoms. The second kappa shape index (κ2) is 9.85. The number of unbranched alkanes of at least 4 members (excludes halogenated alkanes) is 1. The summed E-state index contributed by atoms with van der Waals surface area (Å²) in [6.45, 7) is 3.30. The molecular formula is C11H20F4N2O4S. The number of rotatable bonds is 7. The molecule has 132 valence electrons. The van der Waals surface area contributed by atoms with Crippen LogP contribution in [-0.2, 0) is 19.2 Å². The summed E-state index contributed by atoms with van der Waals surface area (Å²) in [6, 6.07) is 0. The van der Waals surface area contributed by atoms with E-state index in [1.54, 1.807) is 0 Å². The highest BCUT2D eigenvalue weighted by atomic mass is 32.2. The third-order valence-electron chi connectivity index (χ3n) is 2.43. The summed E-state index contributed by atoms with van der Waals surface area (Å²) in [4.78, 5) is 4.53. The van der Waals surface area contributed by atoms with Gasteiger partial charge in [-0.15, -0.1) is 13.2 Å². The first-order valence-corrected chi connectivity index (χ1v) is 8.03. The summed E-state index contributed by atoms with van der Waals surface area (Å²) in [7, 11) is -2.43. The number of halogens is 4. The number of hydrogen-bond acceptors (Lipinski definition) is 6. The molecule has 1 aliphatic heterocycles. The van der Waals surface area contributed by atoms with Crippen LogP contribution in [0.4, 0.5) is 17.7 Å². The smallest absolute Gasteiger partial charge is 0.362 e. The van der Waals surface area contributed by atoms with Gasteiger partial charge in [-0.25, -0.2) is 0 Å². The van der Waals surface area contributed by atoms with E-state index in [2.05, 4.69) is 45.3 Å². The van der Waals surface area contributed by atoms with Crippen LogP contribution in [0.25, 0.3) is 0 Å². The van der Waals surface area contributed by atoms with Crippen molar-refractivity contribution in [2.45, 2.75) is 26.1 Å². The van der Waals surface area contributed by atoms with Crippen molar-refractivity contribution in [2.75, 3.05) is 32.6 Å². The van der Waals surface area contributed by atoms with Crippen molar-refractivity contribution in [3.8, 4) is 0 Å². The average molecular weight is 352 g/mol. The summed E-state index contributed by atoms with van der Waals surface area (Å²) in [5.41, 5.74) is 0. The van der Waals surface area contributed by atoms with Crippen molar-refractivity contribution in [3.63, 3.8) is 0 Å². The molecule has 0 atom stereocenters. The summed E-state index contributed by atoms with van der Waals surface area (Å²) < 4.78 is 70.0. The molecule has 0 N–H and O–H groups in total. The van der Waals surface area contributed by atoms with E-state index >= 15 is 0 Å². The van der Waals surface area contributed by atoms with E-state index in [-0.39, 0.29) is 0 Å². The maximum atomic E-state index is 11.2. The molecule has 0 aromatic carbocycles. The van der Waals surface area contributed by atoms with Crippen LogP contribution in [0.1, 0.15) is 19.8 Å². The third kappa shape index (κ3) is 11.6. The fourth-order valence-corrected chi connectivity index (χ4v) is 1.74. The van der Waals surface area contributed by atoms with Gasteiger partial charge in [0.2, 0.25) is 0 Å². The van der Waals surface area contributed by atoms with Gasteiger partial charge in [0, 0.05) is 26.0 Å². The number of hydrogen-bond donors (Lipinski definition) is 0. The molecule has 0 bridgehead atoms. The van der Waals surface area contributed by atoms with Crippen LogP contribution in [0.5, 0.6) is 0 Å². The van der Waals surface area contributed by atoms with Crippen molar-refractivity contribution >= 4 is 10.1 Å². The highest BCUT2D eigenvalue weighted by Crippen LogP contribution is 2.15. The SMILES string of the molecule is CCCCN1C=CN(C)C1.O=S(=O)(CCOC(F)(F)F)OF. The first kappa shape index (κ1) is 20.9. The molecule has 11 heteroatoms. The lowest BCUT2D eigenvalue weighted by molar-refractivity contribution is -0.322. The Balaban J connectivity index is 0.000000406. The van der Waals surface area contributed by atoms with Gasteiger partial charge in [0.15, 0.2) is 0 Å². The predicted octanol–water partition coefficient (Wildman–Crippen LogP) is 2.22. The van der Waals surface area contributed by atoms with E-state index in [9.17, 15) is 26.1 Å². The van der Waals surface area contributed by atoms with Gasteiger partial charge in [-0.3, -0.25) is 4.74 Å². The van der Waals surface area contributed by atoms with Crippen LogP contribution < -0.4 is 0 Å². The van der Waals surface area contributed by atoms with Crippen LogP contribution >= 0.6 is 0 Å². The van der Waals surface area contributed by atoms with Crippen LogP contribution in [-0.4, -0.2) is 57.2 Å². The normalized spacial score (nSPS) is 15.0. The molecule has 0 unspecified atom stereocenters. The second-order valence-corrected chi connectivity index (χ2v) is 6.13. The average Bonchev–Trinajstić information content (AvgIpc) is 2.81. The first-order valence-electron chi connectivity index (χ1n) is 6.46. The maximum Gasteiger partial charge on any atom is 0.522 e. The fourth-order valence-electron chi connectivity index (χ4n) is 1.39. The van der Waals surface area contributed by atoms with Gasteiger partial charge in [-0.1, -0.05) is 17.7 Å². The molecule has 1 aliphatic rings. The predicted molar refractivity (Wildman–Crippen MR) is 71.4 cm³/mol. The first-order chi connectivity index (χ1) is 10.1. The zero-order valence-electron chi connectivity index (χ0n) is 12.3. The number of ether oxygens (including phenoxy) is 1. The van der Waals surface area contributed by atoms with Crippen LogP contribution in [0.15, 0.2) is 12.4 Å². The fraction of sp³-hybridized carbons (Fsp3) is 0.818. The highest BCUT2D eigenvalue weighted by Gasteiger charge is 2.29. The molecule has 0 aliphatic carbocycles. The van der Waals surface area contributed by atoms with E-state index in [0.29, 0.717) is 0 Å². The van der Waals surface area contributed by atoms with Crippen LogP contribution in [0.3, 0.4) is 0 Å². The van der Waals surface area contributed by atoms with Gasteiger partial charge in [0.1, 0.15) is 5.75 Å². The lowest BCUT2D eigenvalue weighted by Crippen LogP contribution is -2.23. The summed E-state index contributed by atoms with van der Waals surface area (Å²) in [6.07, 6.45) is 1.95. The molecule has 0 saturated carbocycles. The van der Waals surface area contributed by atoms with Crippen molar-refractivity contribution in [2.24, 2.45) is 0 Å². The van der Waals surface area contributed by atoms with Gasteiger partial charge in [-0.2, -0.15) is 8.42 Å². The largest absolute Gasteiger partial charge is 0.522 e. The van der Waals surface area contributed by atoms with E-state index in [1.807, 2.05) is 0 Å². The number of alkyl halides is 3. The van der Waals surface area contributed by atoms with Crippen molar-refractivity contribution in [1.82, 2.24) is 9.80 Å². The molecule has 0 fully saturated rings. The minimum absolute atomic E-state index is 1.07. The summed E-state index contributed by atoms with van der Waals surface area (Å²) >= 11 is 0. The molecule has 1 heterocycles. The zero-order valence-corrected chi connectivity index (χ0v) is 13.2. The molecule has 6 nitrogen and oxygen atoms in total. The Hall–Kier alpha value is -1.07. The van der Waals surface area contributed by atoms with Gasteiger partial charge in [0.05, 0.1) is 13.3 Å². The van der Waals surface area contributed by atoms with Crippen molar-refractivity contribution in [3.05, 3.63) is 12.4 Å². The topological polar surface area (TPSA) is 59.1 Å². The van der Waals surface area contributed by atoms with E-state index in [0.717, 1.165) is 6.67 Å². The van der Waals surface area contributed by atoms with Gasteiger partial charge < -0.3 is 9.80 Å². The molecule has 0 saturated heterocycles. The lowest BCUT2D eigenvalue weighted by atomic mass is 10.3. The van der Waals surface area contributed by atoms with E-state index in [1.165, 1.54) is 19.4 Å². The Morgan fingerprint density at radius 3 is 2.32 bits per heavy atom. The second-order valence-electron chi connectivity index (χ2n) is 4.48. The van der Waals surface area contributed by atoms with Crippen molar-refractivity contribution in [1.29, 1.82) is 0 Å². The summed E-state index contributed by atoms with van der Waals surface area (Å²) in [5, 5.41) is 0. The number of nitrogens with zero attached hydrogens (tertiary/aromatic N) is 2.